The van der Waals surface area contributed by atoms with Gasteiger partial charge in [0.15, 0.2) is 25.2 Å². The van der Waals surface area contributed by atoms with Crippen LogP contribution < -0.4 is 0 Å². The first-order valence-corrected chi connectivity index (χ1v) is 21.6. The van der Waals surface area contributed by atoms with Gasteiger partial charge in [0.05, 0.1) is 0 Å². The van der Waals surface area contributed by atoms with Crippen molar-refractivity contribution in [3.8, 4) is 0 Å². The molecule has 78 heavy (non-hydrogen) atoms. The number of aliphatic hydroxyl groups excluding tert-OH is 4. The normalized spacial score (nSPS) is 8.90. The molecule has 6 heterocycles. The van der Waals surface area contributed by atoms with Crippen LogP contribution >= 0.6 is 0 Å². The number of nitrogens with two attached hydrogens (primary N) is 8. The van der Waals surface area contributed by atoms with E-state index in [9.17, 15) is 0 Å². The first-order chi connectivity index (χ1) is 32.0. The van der Waals surface area contributed by atoms with Gasteiger partial charge in [-0.25, -0.2) is 0 Å². The Labute approximate surface area is 515 Å². The summed E-state index contributed by atoms with van der Waals surface area (Å²) in [5.74, 6) is 0. The minimum Gasteiger partial charge on any atom is -0.693 e. The number of hydrogen-bond donors (Lipinski definition) is 8. The van der Waals surface area contributed by atoms with Crippen LogP contribution in [0.25, 0.3) is 73.5 Å². The van der Waals surface area contributed by atoms with Crippen LogP contribution in [0.1, 0.15) is 46.2 Å². The summed E-state index contributed by atoms with van der Waals surface area (Å²) in [4.78, 5) is 23.7. The molecule has 0 bridgehead atoms. The Kier molecular flexibility index (Phi) is 97.1. The summed E-state index contributed by atoms with van der Waals surface area (Å²) in [6.45, 7) is 1.41. The molecule has 26 nitrogen and oxygen atoms in total. The Morgan fingerprint density at radius 2 is 0.526 bits per heavy atom. The zero-order valence-electron chi connectivity index (χ0n) is 42.6. The zero-order chi connectivity index (χ0) is 48.3. The van der Waals surface area contributed by atoms with E-state index < -0.39 is 38.0 Å². The first-order valence-electron chi connectivity index (χ1n) is 20.0. The average Bonchev–Trinajstić information content (AvgIpc) is 3.33. The summed E-state index contributed by atoms with van der Waals surface area (Å²) < 4.78 is 19.9. The second-order valence-electron chi connectivity index (χ2n) is 12.7. The Hall–Kier alpha value is -3.49. The van der Waals surface area contributed by atoms with Crippen LogP contribution in [0.2, 0.25) is 0 Å². The minimum atomic E-state index is -1.63. The fourth-order valence-corrected chi connectivity index (χ4v) is 4.90. The standard InChI is InChI=1S/2C12H10N2.2C8H11NO2Si.2C3H8O4.8H2N.4Rh/c2*1(11-3-7-13-8-4-11)2-12-5-9-14-10-6-12;2*1-10-12-11-7-4-8-2-5-9-6-3-8;2*4-2(5)1-3(6)7;;;;;;;;;;;;/h2*1-10H;2*2-3,5-6H,4,7H2,1H3;2*2-7H,1H2;8*1H2;;;;/q;;;;;;8*-1;4*+2/b2*2-1+;;;;;;;;;;;;;;;;. The molecule has 0 atom stereocenters. The van der Waals surface area contributed by atoms with Crippen molar-refractivity contribution < 1.29 is 136 Å². The molecule has 0 saturated heterocycles. The van der Waals surface area contributed by atoms with Crippen LogP contribution in [0.5, 0.6) is 0 Å². The van der Waals surface area contributed by atoms with Crippen molar-refractivity contribution in [1.29, 1.82) is 0 Å². The second kappa shape index (κ2) is 73.5. The SMILES string of the molecule is C(=C\c1ccncc1)/c1ccncc1.C(=C\c1ccncc1)/c1ccncc1.CO[Si]OCCc1ccncc1.CO[Si]OCCc1ccncc1.OC(O)CC(O)O.OC(O)CC(O)O.[NH2-].[NH2-].[NH2-].[NH2-].[NH2-].[NH2-].[NH2-].[NH2-].[Rh+2].[Rh+2].[Rh+2].[Rh+2]. The van der Waals surface area contributed by atoms with E-state index >= 15 is 0 Å². The van der Waals surface area contributed by atoms with Gasteiger partial charge in [0.25, 0.3) is 0 Å². The molecule has 0 aliphatic carbocycles. The van der Waals surface area contributed by atoms with E-state index in [1.54, 1.807) is 88.6 Å². The van der Waals surface area contributed by atoms with E-state index in [0.717, 1.165) is 35.1 Å². The van der Waals surface area contributed by atoms with Gasteiger partial charge in [0, 0.05) is 115 Å². The van der Waals surface area contributed by atoms with Gasteiger partial charge in [0.2, 0.25) is 0 Å². The van der Waals surface area contributed by atoms with Crippen LogP contribution in [0.15, 0.2) is 147 Å². The van der Waals surface area contributed by atoms with Crippen LogP contribution in [0.3, 0.4) is 0 Å². The van der Waals surface area contributed by atoms with Gasteiger partial charge in [0.1, 0.15) is 0 Å². The molecule has 444 valence electrons. The average molecular weight is 1480 g/mol. The molecule has 6 aromatic rings. The van der Waals surface area contributed by atoms with Crippen molar-refractivity contribution in [1.82, 2.24) is 29.9 Å². The van der Waals surface area contributed by atoms with Gasteiger partial charge < -0.3 is 108 Å². The third-order valence-electron chi connectivity index (χ3n) is 7.37. The molecule has 0 fully saturated rings. The van der Waals surface area contributed by atoms with Crippen LogP contribution in [-0.4, -0.2) is 143 Å². The number of pyridine rings is 6. The maximum Gasteiger partial charge on any atom is 2.00 e. The van der Waals surface area contributed by atoms with Gasteiger partial charge in [-0.15, -0.1) is 0 Å². The zero-order valence-corrected chi connectivity index (χ0v) is 51.1. The Balaban J connectivity index is -0.0000000661. The number of aromatic nitrogens is 6. The molecule has 0 amide bonds. The maximum atomic E-state index is 7.96. The van der Waals surface area contributed by atoms with Crippen LogP contribution in [0.4, 0.5) is 0 Å². The second-order valence-corrected chi connectivity index (χ2v) is 14.4. The summed E-state index contributed by atoms with van der Waals surface area (Å²) in [7, 11) is 3.56. The van der Waals surface area contributed by atoms with E-state index in [1.807, 2.05) is 72.8 Å². The van der Waals surface area contributed by atoms with Crippen molar-refractivity contribution in [2.24, 2.45) is 0 Å². The molecule has 6 aromatic heterocycles. The van der Waals surface area contributed by atoms with E-state index in [-0.39, 0.29) is 147 Å². The fraction of sp³-hybridized carbons (Fsp3) is 0.261. The summed E-state index contributed by atoms with van der Waals surface area (Å²) in [5, 5.41) is 63.7. The van der Waals surface area contributed by atoms with Crippen molar-refractivity contribution >= 4 is 44.3 Å². The number of nitrogens with zero attached hydrogens (tertiary/aromatic N) is 6. The Morgan fingerprint density at radius 3 is 0.679 bits per heavy atom. The molecule has 6 rings (SSSR count). The third-order valence-corrected chi connectivity index (χ3v) is 8.35. The van der Waals surface area contributed by atoms with Gasteiger partial charge in [-0.2, -0.15) is 0 Å². The molecule has 24 N–H and O–H groups in total. The fourth-order valence-electron chi connectivity index (χ4n) is 4.30. The minimum absolute atomic E-state index is 0. The monoisotopic (exact) mass is 1480 g/mol. The smallest absolute Gasteiger partial charge is 0.693 e. The molecule has 0 saturated carbocycles. The molecular formula is C46H74N14O12Rh4Si2. The quantitative estimate of drug-likeness (QED) is 0.0226. The van der Waals surface area contributed by atoms with E-state index in [4.69, 9.17) is 58.6 Å². The Morgan fingerprint density at radius 1 is 0.346 bits per heavy atom. The first kappa shape index (κ1) is 103. The molecule has 8 radical (unpaired) electrons. The van der Waals surface area contributed by atoms with Crippen LogP contribution in [0, 0.1) is 0 Å². The topological polar surface area (TPSA) is 544 Å². The largest absolute Gasteiger partial charge is 2.00 e. The van der Waals surface area contributed by atoms with Gasteiger partial charge >= 0.3 is 97.9 Å². The summed E-state index contributed by atoms with van der Waals surface area (Å²) >= 11 is 0. The number of hydrogen-bond acceptors (Lipinski definition) is 18. The van der Waals surface area contributed by atoms with Gasteiger partial charge in [-0.3, -0.25) is 29.9 Å². The molecule has 0 unspecified atom stereocenters. The molecule has 0 aromatic carbocycles. The van der Waals surface area contributed by atoms with E-state index in [2.05, 4.69) is 54.2 Å². The van der Waals surface area contributed by atoms with Crippen molar-refractivity contribution in [2.75, 3.05) is 27.4 Å². The van der Waals surface area contributed by atoms with E-state index in [0.29, 0.717) is 13.2 Å². The molecular weight excluding hydrogens is 1410 g/mol. The molecule has 0 spiro atoms. The van der Waals surface area contributed by atoms with Crippen molar-refractivity contribution in [3.63, 3.8) is 0 Å². The molecule has 0 aliphatic heterocycles. The molecule has 32 heteroatoms. The van der Waals surface area contributed by atoms with Crippen molar-refractivity contribution in [2.45, 2.75) is 50.8 Å². The summed E-state index contributed by atoms with van der Waals surface area (Å²) in [6.07, 6.45) is 24.1. The predicted octanol–water partition coefficient (Wildman–Crippen LogP) is 8.66. The maximum absolute atomic E-state index is 7.96. The number of rotatable bonds is 18. The number of aliphatic hydroxyl groups is 8. The molecule has 0 aliphatic rings. The summed E-state index contributed by atoms with van der Waals surface area (Å²) in [6, 6.07) is 23.7. The van der Waals surface area contributed by atoms with Gasteiger partial charge in [-0.05, 0) is 119 Å². The predicted molar refractivity (Wildman–Crippen MR) is 293 cm³/mol. The van der Waals surface area contributed by atoms with Crippen LogP contribution in [-0.2, 0) is 108 Å². The summed E-state index contributed by atoms with van der Waals surface area (Å²) in [5.41, 5.74) is 7.08. The van der Waals surface area contributed by atoms with Gasteiger partial charge in [-0.1, -0.05) is 24.3 Å². The Bertz CT molecular complexity index is 1810. The van der Waals surface area contributed by atoms with E-state index in [1.165, 1.54) is 11.1 Å². The van der Waals surface area contributed by atoms with Crippen molar-refractivity contribution in [3.05, 3.63) is 230 Å². The third kappa shape index (κ3) is 66.8.